The summed E-state index contributed by atoms with van der Waals surface area (Å²) >= 11 is 0. The van der Waals surface area contributed by atoms with Crippen LogP contribution in [0, 0.1) is 5.92 Å². The molecule has 1 aromatic carbocycles. The van der Waals surface area contributed by atoms with Crippen molar-refractivity contribution in [3.05, 3.63) is 29.8 Å². The molecule has 0 unspecified atom stereocenters. The van der Waals surface area contributed by atoms with Crippen molar-refractivity contribution in [2.24, 2.45) is 5.92 Å². The van der Waals surface area contributed by atoms with Gasteiger partial charge in [-0.2, -0.15) is 0 Å². The summed E-state index contributed by atoms with van der Waals surface area (Å²) in [6.07, 6.45) is 6.47. The van der Waals surface area contributed by atoms with Gasteiger partial charge in [0.15, 0.2) is 0 Å². The standard InChI is InChI=1S/C17H23NO3/c1-13(19)18-16-9-7-14(8-10-16)11-17(20)21-12-15-5-3-2-4-6-15/h7-10,15H,2-6,11-12H2,1H3,(H,18,19). The van der Waals surface area contributed by atoms with Gasteiger partial charge in [0.1, 0.15) is 0 Å². The van der Waals surface area contributed by atoms with Crippen molar-refractivity contribution in [3.8, 4) is 0 Å². The van der Waals surface area contributed by atoms with Crippen LogP contribution < -0.4 is 5.32 Å². The zero-order valence-corrected chi connectivity index (χ0v) is 12.6. The van der Waals surface area contributed by atoms with Crippen LogP contribution in [0.25, 0.3) is 0 Å². The first-order valence-electron chi connectivity index (χ1n) is 7.65. The van der Waals surface area contributed by atoms with E-state index in [1.165, 1.54) is 39.0 Å². The smallest absolute Gasteiger partial charge is 0.310 e. The van der Waals surface area contributed by atoms with E-state index >= 15 is 0 Å². The Morgan fingerprint density at radius 2 is 1.81 bits per heavy atom. The number of esters is 1. The van der Waals surface area contributed by atoms with Crippen LogP contribution in [-0.4, -0.2) is 18.5 Å². The summed E-state index contributed by atoms with van der Waals surface area (Å²) in [7, 11) is 0. The van der Waals surface area contributed by atoms with E-state index < -0.39 is 0 Å². The molecule has 1 aromatic rings. The molecule has 1 saturated carbocycles. The molecule has 1 aliphatic carbocycles. The lowest BCUT2D eigenvalue weighted by atomic mass is 9.90. The predicted octanol–water partition coefficient (Wildman–Crippen LogP) is 3.31. The normalized spacial score (nSPS) is 15.5. The van der Waals surface area contributed by atoms with Crippen LogP contribution in [0.5, 0.6) is 0 Å². The van der Waals surface area contributed by atoms with Crippen molar-refractivity contribution in [1.82, 2.24) is 0 Å². The van der Waals surface area contributed by atoms with Crippen LogP contribution >= 0.6 is 0 Å². The molecule has 4 heteroatoms. The van der Waals surface area contributed by atoms with E-state index in [1.54, 1.807) is 12.1 Å². The topological polar surface area (TPSA) is 55.4 Å². The molecule has 21 heavy (non-hydrogen) atoms. The summed E-state index contributed by atoms with van der Waals surface area (Å²) in [6, 6.07) is 7.27. The van der Waals surface area contributed by atoms with Gasteiger partial charge in [0.05, 0.1) is 13.0 Å². The maximum Gasteiger partial charge on any atom is 0.310 e. The number of nitrogens with one attached hydrogen (secondary N) is 1. The number of ether oxygens (including phenoxy) is 1. The average Bonchev–Trinajstić information content (AvgIpc) is 2.48. The Bertz CT molecular complexity index is 475. The summed E-state index contributed by atoms with van der Waals surface area (Å²) in [5.74, 6) is 0.271. The SMILES string of the molecule is CC(=O)Nc1ccc(CC(=O)OCC2CCCCC2)cc1. The highest BCUT2D eigenvalue weighted by molar-refractivity contribution is 5.88. The third-order valence-corrected chi connectivity index (χ3v) is 3.83. The number of hydrogen-bond acceptors (Lipinski definition) is 3. The first kappa shape index (κ1) is 15.5. The highest BCUT2D eigenvalue weighted by Gasteiger charge is 2.15. The fraction of sp³-hybridized carbons (Fsp3) is 0.529. The Balaban J connectivity index is 1.75. The molecule has 0 saturated heterocycles. The molecular formula is C17H23NO3. The number of carbonyl (C=O) groups excluding carboxylic acids is 2. The van der Waals surface area contributed by atoms with Crippen molar-refractivity contribution in [2.45, 2.75) is 45.4 Å². The largest absolute Gasteiger partial charge is 0.465 e. The van der Waals surface area contributed by atoms with E-state index in [2.05, 4.69) is 5.32 Å². The van der Waals surface area contributed by atoms with Gasteiger partial charge in [0.2, 0.25) is 5.91 Å². The Morgan fingerprint density at radius 1 is 1.14 bits per heavy atom. The molecule has 1 fully saturated rings. The van der Waals surface area contributed by atoms with Gasteiger partial charge in [0.25, 0.3) is 0 Å². The molecule has 0 atom stereocenters. The van der Waals surface area contributed by atoms with E-state index in [-0.39, 0.29) is 18.3 Å². The second kappa shape index (κ2) is 7.81. The molecule has 0 spiro atoms. The summed E-state index contributed by atoms with van der Waals surface area (Å²) in [5, 5.41) is 2.70. The van der Waals surface area contributed by atoms with Gasteiger partial charge < -0.3 is 10.1 Å². The lowest BCUT2D eigenvalue weighted by Gasteiger charge is -2.21. The summed E-state index contributed by atoms with van der Waals surface area (Å²) in [5.41, 5.74) is 1.64. The zero-order valence-electron chi connectivity index (χ0n) is 12.6. The molecule has 1 aliphatic rings. The van der Waals surface area contributed by atoms with E-state index in [0.717, 1.165) is 11.3 Å². The van der Waals surface area contributed by atoms with Gasteiger partial charge in [-0.15, -0.1) is 0 Å². The maximum atomic E-state index is 11.8. The Morgan fingerprint density at radius 3 is 2.43 bits per heavy atom. The minimum Gasteiger partial charge on any atom is -0.465 e. The van der Waals surface area contributed by atoms with Gasteiger partial charge in [-0.05, 0) is 36.5 Å². The highest BCUT2D eigenvalue weighted by atomic mass is 16.5. The third kappa shape index (κ3) is 5.58. The van der Waals surface area contributed by atoms with E-state index in [0.29, 0.717) is 12.5 Å². The molecule has 0 aliphatic heterocycles. The van der Waals surface area contributed by atoms with Crippen molar-refractivity contribution in [2.75, 3.05) is 11.9 Å². The molecule has 1 amide bonds. The van der Waals surface area contributed by atoms with Crippen LogP contribution in [0.15, 0.2) is 24.3 Å². The second-order valence-electron chi connectivity index (χ2n) is 5.74. The Kier molecular flexibility index (Phi) is 5.78. The van der Waals surface area contributed by atoms with E-state index in [1.807, 2.05) is 12.1 Å². The molecule has 0 radical (unpaired) electrons. The molecule has 1 N–H and O–H groups in total. The molecule has 114 valence electrons. The zero-order chi connectivity index (χ0) is 15.1. The fourth-order valence-corrected chi connectivity index (χ4v) is 2.69. The molecule has 4 nitrogen and oxygen atoms in total. The monoisotopic (exact) mass is 289 g/mol. The number of anilines is 1. The highest BCUT2D eigenvalue weighted by Crippen LogP contribution is 2.23. The van der Waals surface area contributed by atoms with Crippen molar-refractivity contribution in [3.63, 3.8) is 0 Å². The van der Waals surface area contributed by atoms with Gasteiger partial charge in [-0.3, -0.25) is 9.59 Å². The fourth-order valence-electron chi connectivity index (χ4n) is 2.69. The summed E-state index contributed by atoms with van der Waals surface area (Å²) in [4.78, 5) is 22.8. The minimum atomic E-state index is -0.173. The molecule has 2 rings (SSSR count). The van der Waals surface area contributed by atoms with Gasteiger partial charge >= 0.3 is 5.97 Å². The number of amides is 1. The summed E-state index contributed by atoms with van der Waals surface area (Å²) < 4.78 is 5.37. The number of benzene rings is 1. The Labute approximate surface area is 125 Å². The van der Waals surface area contributed by atoms with Gasteiger partial charge in [-0.1, -0.05) is 31.4 Å². The van der Waals surface area contributed by atoms with Gasteiger partial charge in [-0.25, -0.2) is 0 Å². The maximum absolute atomic E-state index is 11.8. The first-order chi connectivity index (χ1) is 10.1. The number of rotatable bonds is 5. The van der Waals surface area contributed by atoms with Crippen LogP contribution in [0.4, 0.5) is 5.69 Å². The second-order valence-corrected chi connectivity index (χ2v) is 5.74. The number of hydrogen-bond donors (Lipinski definition) is 1. The quantitative estimate of drug-likeness (QED) is 0.846. The molecular weight excluding hydrogens is 266 g/mol. The van der Waals surface area contributed by atoms with Gasteiger partial charge in [0, 0.05) is 12.6 Å². The lowest BCUT2D eigenvalue weighted by molar-refractivity contribution is -0.144. The van der Waals surface area contributed by atoms with Crippen molar-refractivity contribution < 1.29 is 14.3 Å². The predicted molar refractivity (Wildman–Crippen MR) is 82.0 cm³/mol. The van der Waals surface area contributed by atoms with Crippen LogP contribution in [0.2, 0.25) is 0 Å². The Hall–Kier alpha value is -1.84. The molecule has 0 bridgehead atoms. The van der Waals surface area contributed by atoms with E-state index in [9.17, 15) is 9.59 Å². The van der Waals surface area contributed by atoms with E-state index in [4.69, 9.17) is 4.74 Å². The van der Waals surface area contributed by atoms with Crippen molar-refractivity contribution >= 4 is 17.6 Å². The minimum absolute atomic E-state index is 0.102. The lowest BCUT2D eigenvalue weighted by Crippen LogP contribution is -2.17. The third-order valence-electron chi connectivity index (χ3n) is 3.83. The first-order valence-corrected chi connectivity index (χ1v) is 7.65. The van der Waals surface area contributed by atoms with Crippen molar-refractivity contribution in [1.29, 1.82) is 0 Å². The summed E-state index contributed by atoms with van der Waals surface area (Å²) in [6.45, 7) is 2.03. The van der Waals surface area contributed by atoms with Crippen LogP contribution in [-0.2, 0) is 20.7 Å². The van der Waals surface area contributed by atoms with Crippen LogP contribution in [0.3, 0.4) is 0 Å². The average molecular weight is 289 g/mol. The molecule has 0 heterocycles. The van der Waals surface area contributed by atoms with Crippen LogP contribution in [0.1, 0.15) is 44.6 Å². The number of carbonyl (C=O) groups is 2. The molecule has 0 aromatic heterocycles.